The molecule has 0 aliphatic carbocycles. The number of benzene rings is 1. The Balaban J connectivity index is 1.24. The zero-order valence-corrected chi connectivity index (χ0v) is 16.5. The fourth-order valence-electron chi connectivity index (χ4n) is 4.27. The van der Waals surface area contributed by atoms with E-state index in [1.165, 1.54) is 0 Å². The average Bonchev–Trinajstić information content (AvgIpc) is 3.34. The lowest BCUT2D eigenvalue weighted by Gasteiger charge is -2.21. The summed E-state index contributed by atoms with van der Waals surface area (Å²) in [6.45, 7) is 3.33. The smallest absolute Gasteiger partial charge is 0.255 e. The molecule has 1 aromatic carbocycles. The first-order valence-electron chi connectivity index (χ1n) is 9.70. The standard InChI is InChI=1S/C22H20ClN5O/c23-19-5-2-15(3-6-19)20-7-4-16(10-26-20)21(29)27-11-17-13-28(14-18(17)12-27)22-24-8-1-9-25-22/h1-10,17-18H,11-14H2. The van der Waals surface area contributed by atoms with Crippen LogP contribution in [0.5, 0.6) is 0 Å². The van der Waals surface area contributed by atoms with E-state index in [9.17, 15) is 4.79 Å². The molecule has 0 radical (unpaired) electrons. The van der Waals surface area contributed by atoms with Crippen LogP contribution in [-0.4, -0.2) is 51.9 Å². The molecule has 7 heteroatoms. The van der Waals surface area contributed by atoms with Crippen LogP contribution in [0, 0.1) is 11.8 Å². The second kappa shape index (κ2) is 7.44. The van der Waals surface area contributed by atoms with Crippen molar-refractivity contribution < 1.29 is 4.79 Å². The molecule has 2 unspecified atom stereocenters. The maximum atomic E-state index is 13.0. The van der Waals surface area contributed by atoms with Crippen molar-refractivity contribution in [3.63, 3.8) is 0 Å². The first kappa shape index (κ1) is 18.1. The summed E-state index contributed by atoms with van der Waals surface area (Å²) < 4.78 is 0. The van der Waals surface area contributed by atoms with E-state index in [1.807, 2.05) is 47.4 Å². The second-order valence-electron chi connectivity index (χ2n) is 7.62. The molecular formula is C22H20ClN5O. The van der Waals surface area contributed by atoms with Gasteiger partial charge in [-0.05, 0) is 30.3 Å². The van der Waals surface area contributed by atoms with Crippen molar-refractivity contribution >= 4 is 23.5 Å². The van der Waals surface area contributed by atoms with Gasteiger partial charge >= 0.3 is 0 Å². The highest BCUT2D eigenvalue weighted by Crippen LogP contribution is 2.33. The van der Waals surface area contributed by atoms with Gasteiger partial charge in [0, 0.05) is 67.2 Å². The molecule has 29 heavy (non-hydrogen) atoms. The maximum absolute atomic E-state index is 13.0. The molecule has 0 saturated carbocycles. The summed E-state index contributed by atoms with van der Waals surface area (Å²) in [5.41, 5.74) is 2.44. The number of carbonyl (C=O) groups excluding carboxylic acids is 1. The minimum atomic E-state index is 0.0528. The van der Waals surface area contributed by atoms with Crippen LogP contribution in [-0.2, 0) is 0 Å². The Kier molecular flexibility index (Phi) is 4.64. The number of halogens is 1. The van der Waals surface area contributed by atoms with Crippen molar-refractivity contribution in [1.29, 1.82) is 0 Å². The van der Waals surface area contributed by atoms with Gasteiger partial charge in [0.15, 0.2) is 0 Å². The van der Waals surface area contributed by atoms with Crippen molar-refractivity contribution in [2.24, 2.45) is 11.8 Å². The van der Waals surface area contributed by atoms with E-state index >= 15 is 0 Å². The molecule has 0 bridgehead atoms. The summed E-state index contributed by atoms with van der Waals surface area (Å²) >= 11 is 5.94. The summed E-state index contributed by atoms with van der Waals surface area (Å²) in [6.07, 6.45) is 5.21. The molecular weight excluding hydrogens is 386 g/mol. The van der Waals surface area contributed by atoms with Crippen LogP contribution in [0.3, 0.4) is 0 Å². The van der Waals surface area contributed by atoms with Gasteiger partial charge in [-0.3, -0.25) is 9.78 Å². The van der Waals surface area contributed by atoms with Crippen molar-refractivity contribution in [1.82, 2.24) is 19.9 Å². The summed E-state index contributed by atoms with van der Waals surface area (Å²) in [7, 11) is 0. The molecule has 2 saturated heterocycles. The number of pyridine rings is 1. The Bertz CT molecular complexity index is 996. The molecule has 2 aromatic heterocycles. The van der Waals surface area contributed by atoms with E-state index in [4.69, 9.17) is 11.6 Å². The average molecular weight is 406 g/mol. The quantitative estimate of drug-likeness (QED) is 0.668. The Labute approximate surface area is 174 Å². The Morgan fingerprint density at radius 2 is 1.59 bits per heavy atom. The lowest BCUT2D eigenvalue weighted by atomic mass is 10.0. The number of rotatable bonds is 3. The van der Waals surface area contributed by atoms with Gasteiger partial charge in [0.25, 0.3) is 5.91 Å². The van der Waals surface area contributed by atoms with E-state index in [2.05, 4.69) is 19.9 Å². The lowest BCUT2D eigenvalue weighted by molar-refractivity contribution is 0.0782. The summed E-state index contributed by atoms with van der Waals surface area (Å²) in [5.74, 6) is 1.76. The van der Waals surface area contributed by atoms with Gasteiger partial charge in [-0.2, -0.15) is 0 Å². The number of amides is 1. The predicted molar refractivity (Wildman–Crippen MR) is 112 cm³/mol. The molecule has 4 heterocycles. The number of likely N-dealkylation sites (tertiary alicyclic amines) is 1. The third-order valence-electron chi connectivity index (χ3n) is 5.76. The van der Waals surface area contributed by atoms with Crippen LogP contribution < -0.4 is 4.90 Å². The third-order valence-corrected chi connectivity index (χ3v) is 6.01. The number of fused-ring (bicyclic) bond motifs is 1. The maximum Gasteiger partial charge on any atom is 0.255 e. The molecule has 2 fully saturated rings. The minimum absolute atomic E-state index is 0.0528. The topological polar surface area (TPSA) is 62.2 Å². The number of hydrogen-bond donors (Lipinski definition) is 0. The molecule has 5 rings (SSSR count). The number of aromatic nitrogens is 3. The van der Waals surface area contributed by atoms with E-state index in [-0.39, 0.29) is 5.91 Å². The molecule has 3 aromatic rings. The van der Waals surface area contributed by atoms with E-state index in [0.29, 0.717) is 22.4 Å². The highest BCUT2D eigenvalue weighted by atomic mass is 35.5. The van der Waals surface area contributed by atoms with Gasteiger partial charge in [0.1, 0.15) is 0 Å². The second-order valence-corrected chi connectivity index (χ2v) is 8.06. The highest BCUT2D eigenvalue weighted by Gasteiger charge is 2.42. The molecule has 2 aliphatic rings. The number of anilines is 1. The van der Waals surface area contributed by atoms with E-state index < -0.39 is 0 Å². The molecule has 2 atom stereocenters. The van der Waals surface area contributed by atoms with Crippen LogP contribution in [0.4, 0.5) is 5.95 Å². The van der Waals surface area contributed by atoms with Crippen LogP contribution in [0.15, 0.2) is 61.1 Å². The molecule has 0 spiro atoms. The largest absolute Gasteiger partial charge is 0.340 e. The zero-order chi connectivity index (χ0) is 19.8. The molecule has 1 amide bonds. The van der Waals surface area contributed by atoms with Crippen LogP contribution >= 0.6 is 11.6 Å². The summed E-state index contributed by atoms with van der Waals surface area (Å²) in [4.78, 5) is 30.3. The number of carbonyl (C=O) groups is 1. The summed E-state index contributed by atoms with van der Waals surface area (Å²) in [5, 5.41) is 0.692. The van der Waals surface area contributed by atoms with Crippen molar-refractivity contribution in [2.45, 2.75) is 0 Å². The van der Waals surface area contributed by atoms with Gasteiger partial charge in [-0.1, -0.05) is 23.7 Å². The molecule has 2 aliphatic heterocycles. The van der Waals surface area contributed by atoms with E-state index in [0.717, 1.165) is 43.4 Å². The van der Waals surface area contributed by atoms with Gasteiger partial charge < -0.3 is 9.80 Å². The van der Waals surface area contributed by atoms with E-state index in [1.54, 1.807) is 18.6 Å². The number of hydrogen-bond acceptors (Lipinski definition) is 5. The van der Waals surface area contributed by atoms with Gasteiger partial charge in [-0.25, -0.2) is 9.97 Å². The Hall–Kier alpha value is -2.99. The van der Waals surface area contributed by atoms with Gasteiger partial charge in [-0.15, -0.1) is 0 Å². The SMILES string of the molecule is O=C(c1ccc(-c2ccc(Cl)cc2)nc1)N1CC2CN(c3ncccn3)CC2C1. The van der Waals surface area contributed by atoms with Crippen LogP contribution in [0.25, 0.3) is 11.3 Å². The Morgan fingerprint density at radius 1 is 0.897 bits per heavy atom. The van der Waals surface area contributed by atoms with Crippen LogP contribution in [0.2, 0.25) is 5.02 Å². The third kappa shape index (κ3) is 3.56. The molecule has 146 valence electrons. The monoisotopic (exact) mass is 405 g/mol. The molecule has 0 N–H and O–H groups in total. The van der Waals surface area contributed by atoms with Crippen molar-refractivity contribution in [3.8, 4) is 11.3 Å². The predicted octanol–water partition coefficient (Wildman–Crippen LogP) is 3.40. The number of nitrogens with zero attached hydrogens (tertiary/aromatic N) is 5. The zero-order valence-electron chi connectivity index (χ0n) is 15.8. The fourth-order valence-corrected chi connectivity index (χ4v) is 4.40. The first-order chi connectivity index (χ1) is 14.2. The van der Waals surface area contributed by atoms with Crippen molar-refractivity contribution in [2.75, 3.05) is 31.1 Å². The fraction of sp³-hybridized carbons (Fsp3) is 0.273. The first-order valence-corrected chi connectivity index (χ1v) is 10.1. The van der Waals surface area contributed by atoms with Gasteiger partial charge in [0.2, 0.25) is 5.95 Å². The summed E-state index contributed by atoms with van der Waals surface area (Å²) in [6, 6.07) is 13.1. The van der Waals surface area contributed by atoms with Crippen LogP contribution in [0.1, 0.15) is 10.4 Å². The Morgan fingerprint density at radius 3 is 2.21 bits per heavy atom. The normalized spacial score (nSPS) is 20.7. The highest BCUT2D eigenvalue weighted by molar-refractivity contribution is 6.30. The lowest BCUT2D eigenvalue weighted by Crippen LogP contribution is -2.33. The van der Waals surface area contributed by atoms with Gasteiger partial charge in [0.05, 0.1) is 11.3 Å². The minimum Gasteiger partial charge on any atom is -0.340 e. The molecule has 6 nitrogen and oxygen atoms in total. The van der Waals surface area contributed by atoms with Crippen molar-refractivity contribution in [3.05, 3.63) is 71.6 Å².